The van der Waals surface area contributed by atoms with E-state index in [4.69, 9.17) is 4.74 Å². The summed E-state index contributed by atoms with van der Waals surface area (Å²) in [7, 11) is 0. The summed E-state index contributed by atoms with van der Waals surface area (Å²) in [6.45, 7) is 0.0325. The van der Waals surface area contributed by atoms with E-state index in [-0.39, 0.29) is 19.0 Å². The molecule has 0 saturated carbocycles. The summed E-state index contributed by atoms with van der Waals surface area (Å²) in [6.07, 6.45) is 3.83. The number of pyridine rings is 2. The summed E-state index contributed by atoms with van der Waals surface area (Å²) in [5.41, 5.74) is 0.635. The number of aliphatic hydroxyl groups excluding tert-OH is 1. The monoisotopic (exact) mass is 366 g/mol. The molecule has 0 aliphatic heterocycles. The molecule has 12 heteroatoms. The largest absolute Gasteiger partial charge is 0.383 e. The summed E-state index contributed by atoms with van der Waals surface area (Å²) < 4.78 is 8.42. The van der Waals surface area contributed by atoms with Gasteiger partial charge in [0.1, 0.15) is 12.7 Å². The second kappa shape index (κ2) is 7.72. The lowest BCUT2D eigenvalue weighted by Gasteiger charge is -2.11. The van der Waals surface area contributed by atoms with Crippen molar-refractivity contribution < 1.29 is 9.84 Å². The van der Waals surface area contributed by atoms with E-state index in [1.165, 1.54) is 9.36 Å². The van der Waals surface area contributed by atoms with Gasteiger partial charge in [-0.2, -0.15) is 9.36 Å². The molecule has 0 aromatic carbocycles. The van der Waals surface area contributed by atoms with Crippen LogP contribution in [0.4, 0.5) is 0 Å². The molecule has 4 rings (SSSR count). The second-order valence-electron chi connectivity index (χ2n) is 5.39. The molecular formula is C15H14N10O2. The van der Waals surface area contributed by atoms with Gasteiger partial charge in [-0.15, -0.1) is 10.2 Å². The summed E-state index contributed by atoms with van der Waals surface area (Å²) in [5, 5.41) is 33.2. The molecule has 4 heterocycles. The Balaban J connectivity index is 1.41. The molecular weight excluding hydrogens is 352 g/mol. The van der Waals surface area contributed by atoms with Crippen molar-refractivity contribution in [2.45, 2.75) is 12.7 Å². The predicted octanol–water partition coefficient (Wildman–Crippen LogP) is -0.322. The van der Waals surface area contributed by atoms with Crippen LogP contribution in [-0.2, 0) is 11.3 Å². The molecule has 12 nitrogen and oxygen atoms in total. The first-order valence-corrected chi connectivity index (χ1v) is 7.96. The Morgan fingerprint density at radius 3 is 2.70 bits per heavy atom. The summed E-state index contributed by atoms with van der Waals surface area (Å²) in [4.78, 5) is 8.21. The van der Waals surface area contributed by atoms with Crippen LogP contribution in [-0.4, -0.2) is 62.1 Å². The minimum atomic E-state index is -1.04. The lowest BCUT2D eigenvalue weighted by molar-refractivity contribution is 0.0193. The molecule has 0 aliphatic carbocycles. The first-order chi connectivity index (χ1) is 13.3. The van der Waals surface area contributed by atoms with E-state index in [1.807, 2.05) is 6.07 Å². The van der Waals surface area contributed by atoms with Crippen molar-refractivity contribution in [3.05, 3.63) is 60.6 Å². The fraction of sp³-hybridized carbons (Fsp3) is 0.200. The molecule has 1 atom stereocenters. The summed E-state index contributed by atoms with van der Waals surface area (Å²) in [6, 6.07) is 8.93. The minimum absolute atomic E-state index is 0.0459. The Morgan fingerprint density at radius 2 is 1.89 bits per heavy atom. The van der Waals surface area contributed by atoms with Gasteiger partial charge in [0.05, 0.1) is 18.5 Å². The van der Waals surface area contributed by atoms with Crippen LogP contribution in [0.15, 0.2) is 48.9 Å². The van der Waals surface area contributed by atoms with Crippen LogP contribution < -0.4 is 0 Å². The van der Waals surface area contributed by atoms with Gasteiger partial charge in [-0.1, -0.05) is 6.07 Å². The van der Waals surface area contributed by atoms with Gasteiger partial charge in [0.2, 0.25) is 0 Å². The Labute approximate surface area is 152 Å². The van der Waals surface area contributed by atoms with Crippen molar-refractivity contribution in [3.63, 3.8) is 0 Å². The molecule has 0 aliphatic rings. The number of nitrogens with zero attached hydrogens (tertiary/aromatic N) is 10. The van der Waals surface area contributed by atoms with Crippen molar-refractivity contribution in [1.29, 1.82) is 0 Å². The molecule has 0 fully saturated rings. The van der Waals surface area contributed by atoms with Crippen molar-refractivity contribution in [1.82, 2.24) is 50.4 Å². The number of hydrogen-bond acceptors (Lipinski definition) is 10. The fourth-order valence-electron chi connectivity index (χ4n) is 2.35. The molecule has 27 heavy (non-hydrogen) atoms. The highest BCUT2D eigenvalue weighted by Gasteiger charge is 2.19. The quantitative estimate of drug-likeness (QED) is 0.462. The van der Waals surface area contributed by atoms with Gasteiger partial charge >= 0.3 is 0 Å². The van der Waals surface area contributed by atoms with Crippen LogP contribution in [0.3, 0.4) is 0 Å². The van der Waals surface area contributed by atoms with E-state index < -0.39 is 6.10 Å². The highest BCUT2D eigenvalue weighted by Crippen LogP contribution is 2.14. The van der Waals surface area contributed by atoms with Crippen molar-refractivity contribution in [2.24, 2.45) is 0 Å². The standard InChI is InChI=1S/C15H14N10O2/c26-12(15-19-21-22-24(15)11-4-3-6-16-8-11)9-27-10-14-18-20-23-25(14)13-5-1-2-7-17-13/h1-8,12,26H,9-10H2. The van der Waals surface area contributed by atoms with E-state index in [0.717, 1.165) is 0 Å². The van der Waals surface area contributed by atoms with Crippen LogP contribution >= 0.6 is 0 Å². The van der Waals surface area contributed by atoms with E-state index >= 15 is 0 Å². The van der Waals surface area contributed by atoms with Crippen LogP contribution in [0.2, 0.25) is 0 Å². The highest BCUT2D eigenvalue weighted by atomic mass is 16.5. The van der Waals surface area contributed by atoms with Gasteiger partial charge < -0.3 is 9.84 Å². The Hall–Kier alpha value is -3.64. The average Bonchev–Trinajstić information content (AvgIpc) is 3.39. The Morgan fingerprint density at radius 1 is 1.00 bits per heavy atom. The predicted molar refractivity (Wildman–Crippen MR) is 88.5 cm³/mol. The van der Waals surface area contributed by atoms with Gasteiger partial charge in [0.25, 0.3) is 0 Å². The molecule has 0 bridgehead atoms. The topological polar surface area (TPSA) is 142 Å². The Bertz CT molecular complexity index is 988. The molecule has 0 spiro atoms. The zero-order chi connectivity index (χ0) is 18.5. The van der Waals surface area contributed by atoms with E-state index in [9.17, 15) is 5.11 Å². The maximum Gasteiger partial charge on any atom is 0.187 e. The highest BCUT2D eigenvalue weighted by molar-refractivity contribution is 5.27. The summed E-state index contributed by atoms with van der Waals surface area (Å²) >= 11 is 0. The third-order valence-electron chi connectivity index (χ3n) is 3.59. The molecule has 0 amide bonds. The minimum Gasteiger partial charge on any atom is -0.383 e. The van der Waals surface area contributed by atoms with E-state index in [2.05, 4.69) is 41.0 Å². The third kappa shape index (κ3) is 3.65. The molecule has 1 N–H and O–H groups in total. The average molecular weight is 366 g/mol. The summed E-state index contributed by atoms with van der Waals surface area (Å²) in [5.74, 6) is 1.27. The SMILES string of the molecule is OC(COCc1nnnn1-c1ccccn1)c1nnnn1-c1cccnc1. The molecule has 4 aromatic rings. The number of tetrazole rings is 2. The molecule has 0 saturated heterocycles. The normalized spacial score (nSPS) is 12.2. The molecule has 4 aromatic heterocycles. The van der Waals surface area contributed by atoms with Crippen LogP contribution in [0.5, 0.6) is 0 Å². The van der Waals surface area contributed by atoms with Crippen molar-refractivity contribution in [3.8, 4) is 11.5 Å². The van der Waals surface area contributed by atoms with Crippen LogP contribution in [0.25, 0.3) is 11.5 Å². The van der Waals surface area contributed by atoms with Crippen LogP contribution in [0.1, 0.15) is 17.8 Å². The fourth-order valence-corrected chi connectivity index (χ4v) is 2.35. The zero-order valence-corrected chi connectivity index (χ0v) is 13.9. The zero-order valence-electron chi connectivity index (χ0n) is 13.9. The lowest BCUT2D eigenvalue weighted by atomic mass is 10.3. The number of aromatic nitrogens is 10. The van der Waals surface area contributed by atoms with Crippen molar-refractivity contribution >= 4 is 0 Å². The maximum absolute atomic E-state index is 10.4. The van der Waals surface area contributed by atoms with Gasteiger partial charge in [-0.05, 0) is 45.1 Å². The number of aliphatic hydroxyl groups is 1. The number of rotatable bonds is 7. The number of hydrogen-bond donors (Lipinski definition) is 1. The first-order valence-electron chi connectivity index (χ1n) is 7.96. The second-order valence-corrected chi connectivity index (χ2v) is 5.39. The van der Waals surface area contributed by atoms with Gasteiger partial charge in [-0.3, -0.25) is 4.98 Å². The first kappa shape index (κ1) is 16.8. The number of ether oxygens (including phenoxy) is 1. The molecule has 1 unspecified atom stereocenters. The Kier molecular flexibility index (Phi) is 4.80. The smallest absolute Gasteiger partial charge is 0.187 e. The van der Waals surface area contributed by atoms with E-state index in [0.29, 0.717) is 17.3 Å². The molecule has 136 valence electrons. The van der Waals surface area contributed by atoms with E-state index in [1.54, 1.807) is 42.9 Å². The van der Waals surface area contributed by atoms with Gasteiger partial charge in [0, 0.05) is 12.4 Å². The maximum atomic E-state index is 10.4. The third-order valence-corrected chi connectivity index (χ3v) is 3.59. The van der Waals surface area contributed by atoms with Crippen LogP contribution in [0, 0.1) is 0 Å². The molecule has 0 radical (unpaired) electrons. The van der Waals surface area contributed by atoms with Gasteiger partial charge in [0.15, 0.2) is 17.5 Å². The van der Waals surface area contributed by atoms with Crippen molar-refractivity contribution in [2.75, 3.05) is 6.61 Å². The lowest BCUT2D eigenvalue weighted by Crippen LogP contribution is -2.15. The van der Waals surface area contributed by atoms with Gasteiger partial charge in [-0.25, -0.2) is 4.98 Å².